The third kappa shape index (κ3) is 8.19. The topological polar surface area (TPSA) is 50.8 Å². The monoisotopic (exact) mass is 364 g/mol. The van der Waals surface area contributed by atoms with Gasteiger partial charge in [0.25, 0.3) is 5.91 Å². The van der Waals surface area contributed by atoms with Crippen molar-refractivity contribution in [1.82, 2.24) is 4.90 Å². The fraction of sp³-hybridized carbons (Fsp3) is 0.667. The smallest absolute Gasteiger partial charge is 0.256 e. The first kappa shape index (κ1) is 22.5. The molecule has 1 N–H and O–H groups in total. The van der Waals surface area contributed by atoms with Gasteiger partial charge in [-0.25, -0.2) is 0 Å². The van der Waals surface area contributed by atoms with E-state index in [1.54, 1.807) is 0 Å². The lowest BCUT2D eigenvalue weighted by Gasteiger charge is -2.28. The van der Waals surface area contributed by atoms with Crippen LogP contribution in [-0.4, -0.2) is 50.3 Å². The number of hydrogen-bond acceptors (Lipinski definition) is 4. The lowest BCUT2D eigenvalue weighted by Crippen LogP contribution is -2.42. The maximum Gasteiger partial charge on any atom is 0.256 e. The number of hydrogen-bond donors (Lipinski definition) is 1. The first-order chi connectivity index (χ1) is 12.4. The molecule has 1 unspecified atom stereocenters. The Morgan fingerprint density at radius 3 is 2.38 bits per heavy atom. The maximum absolute atomic E-state index is 12.7. The summed E-state index contributed by atoms with van der Waals surface area (Å²) in [7, 11) is 4.10. The van der Waals surface area contributed by atoms with E-state index in [1.807, 2.05) is 38.1 Å². The summed E-state index contributed by atoms with van der Waals surface area (Å²) in [6.45, 7) is 8.17. The van der Waals surface area contributed by atoms with Crippen LogP contribution in [0.15, 0.2) is 24.3 Å². The highest BCUT2D eigenvalue weighted by Gasteiger charge is 2.33. The Bertz CT molecular complexity index is 516. The summed E-state index contributed by atoms with van der Waals surface area (Å²) in [6, 6.07) is 7.52. The van der Waals surface area contributed by atoms with E-state index in [0.29, 0.717) is 13.2 Å². The third-order valence-electron chi connectivity index (χ3n) is 4.33. The summed E-state index contributed by atoms with van der Waals surface area (Å²) in [5.41, 5.74) is -0.0253. The number of anilines is 1. The minimum absolute atomic E-state index is 0.0879. The van der Waals surface area contributed by atoms with Gasteiger partial charge in [-0.3, -0.25) is 4.79 Å². The van der Waals surface area contributed by atoms with E-state index in [0.717, 1.165) is 50.1 Å². The molecule has 1 aromatic carbocycles. The van der Waals surface area contributed by atoms with Crippen LogP contribution in [0.4, 0.5) is 5.69 Å². The van der Waals surface area contributed by atoms with Crippen LogP contribution < -0.4 is 10.1 Å². The maximum atomic E-state index is 12.7. The molecule has 0 saturated heterocycles. The van der Waals surface area contributed by atoms with Gasteiger partial charge in [0.05, 0.1) is 6.61 Å². The summed E-state index contributed by atoms with van der Waals surface area (Å²) in [4.78, 5) is 14.8. The average molecular weight is 365 g/mol. The Kier molecular flexibility index (Phi) is 10.3. The average Bonchev–Trinajstić information content (AvgIpc) is 2.60. The van der Waals surface area contributed by atoms with Gasteiger partial charge in [-0.2, -0.15) is 0 Å². The molecule has 0 heterocycles. The Balaban J connectivity index is 2.55. The molecule has 1 atom stereocenters. The zero-order valence-electron chi connectivity index (χ0n) is 17.1. The van der Waals surface area contributed by atoms with Gasteiger partial charge >= 0.3 is 0 Å². The van der Waals surface area contributed by atoms with Gasteiger partial charge in [-0.1, -0.05) is 26.2 Å². The summed E-state index contributed by atoms with van der Waals surface area (Å²) in [5, 5.41) is 2.98. The number of nitrogens with one attached hydrogen (secondary N) is 1. The van der Waals surface area contributed by atoms with Crippen LogP contribution in [0.25, 0.3) is 0 Å². The molecular formula is C21H36N2O3. The van der Waals surface area contributed by atoms with Crippen molar-refractivity contribution in [2.45, 2.75) is 58.5 Å². The first-order valence-corrected chi connectivity index (χ1v) is 9.74. The lowest BCUT2D eigenvalue weighted by molar-refractivity contribution is -0.139. The molecule has 0 aromatic heterocycles. The van der Waals surface area contributed by atoms with Crippen LogP contribution in [0.2, 0.25) is 0 Å². The number of unbranched alkanes of at least 4 members (excludes halogenated alkanes) is 2. The van der Waals surface area contributed by atoms with Crippen LogP contribution in [0.3, 0.4) is 0 Å². The normalized spacial score (nSPS) is 13.5. The van der Waals surface area contributed by atoms with Gasteiger partial charge in [0.1, 0.15) is 11.4 Å². The summed E-state index contributed by atoms with van der Waals surface area (Å²) < 4.78 is 11.5. The molecular weight excluding hydrogens is 328 g/mol. The lowest BCUT2D eigenvalue weighted by atomic mass is 9.96. The zero-order chi connectivity index (χ0) is 19.4. The molecule has 0 aliphatic rings. The quantitative estimate of drug-likeness (QED) is 0.529. The van der Waals surface area contributed by atoms with Crippen molar-refractivity contribution in [3.63, 3.8) is 0 Å². The first-order valence-electron chi connectivity index (χ1n) is 9.74. The number of benzene rings is 1. The molecule has 0 bridgehead atoms. The second-order valence-electron chi connectivity index (χ2n) is 7.10. The fourth-order valence-corrected chi connectivity index (χ4v) is 2.75. The van der Waals surface area contributed by atoms with Crippen molar-refractivity contribution >= 4 is 11.6 Å². The molecule has 5 nitrogen and oxygen atoms in total. The Labute approximate surface area is 159 Å². The predicted octanol–water partition coefficient (Wildman–Crippen LogP) is 4.33. The van der Waals surface area contributed by atoms with E-state index in [-0.39, 0.29) is 5.91 Å². The summed E-state index contributed by atoms with van der Waals surface area (Å²) >= 11 is 0. The number of rotatable bonds is 13. The zero-order valence-corrected chi connectivity index (χ0v) is 17.1. The molecule has 0 aliphatic heterocycles. The number of amides is 1. The Morgan fingerprint density at radius 2 is 1.81 bits per heavy atom. The van der Waals surface area contributed by atoms with E-state index in [1.165, 1.54) is 0 Å². The van der Waals surface area contributed by atoms with Gasteiger partial charge in [0, 0.05) is 18.8 Å². The van der Waals surface area contributed by atoms with Crippen LogP contribution in [0.1, 0.15) is 52.9 Å². The summed E-state index contributed by atoms with van der Waals surface area (Å²) in [6.07, 6.45) is 4.93. The van der Waals surface area contributed by atoms with E-state index in [4.69, 9.17) is 9.47 Å². The highest BCUT2D eigenvalue weighted by molar-refractivity contribution is 5.97. The molecule has 0 aliphatic carbocycles. The number of nitrogens with zero attached hydrogens (tertiary/aromatic N) is 1. The molecule has 0 radical (unpaired) electrons. The minimum atomic E-state index is -0.786. The van der Waals surface area contributed by atoms with Crippen molar-refractivity contribution < 1.29 is 14.3 Å². The number of ether oxygens (including phenoxy) is 2. The van der Waals surface area contributed by atoms with Gasteiger partial charge < -0.3 is 19.7 Å². The second-order valence-corrected chi connectivity index (χ2v) is 7.10. The summed E-state index contributed by atoms with van der Waals surface area (Å²) in [5.74, 6) is 0.729. The van der Waals surface area contributed by atoms with Crippen molar-refractivity contribution in [3.05, 3.63) is 24.3 Å². The predicted molar refractivity (Wildman–Crippen MR) is 108 cm³/mol. The molecule has 26 heavy (non-hydrogen) atoms. The minimum Gasteiger partial charge on any atom is -0.494 e. The Morgan fingerprint density at radius 1 is 1.12 bits per heavy atom. The molecule has 0 saturated carbocycles. The van der Waals surface area contributed by atoms with Crippen molar-refractivity contribution in [1.29, 1.82) is 0 Å². The Hall–Kier alpha value is -1.59. The van der Waals surface area contributed by atoms with E-state index < -0.39 is 5.60 Å². The molecule has 1 amide bonds. The van der Waals surface area contributed by atoms with Gasteiger partial charge in [-0.15, -0.1) is 0 Å². The van der Waals surface area contributed by atoms with Crippen LogP contribution in [0.5, 0.6) is 5.75 Å². The van der Waals surface area contributed by atoms with Gasteiger partial charge in [-0.05, 0) is 65.0 Å². The highest BCUT2D eigenvalue weighted by atomic mass is 16.5. The van der Waals surface area contributed by atoms with E-state index in [9.17, 15) is 4.79 Å². The highest BCUT2D eigenvalue weighted by Crippen LogP contribution is 2.23. The van der Waals surface area contributed by atoms with Crippen LogP contribution in [-0.2, 0) is 9.53 Å². The molecule has 148 valence electrons. The number of carbonyl (C=O) groups is 1. The second kappa shape index (κ2) is 11.9. The van der Waals surface area contributed by atoms with Gasteiger partial charge in [0.15, 0.2) is 0 Å². The SMILES string of the molecule is CCCCCC(C)(OCC)C(=O)Nc1ccc(OCCCN(C)C)cc1. The van der Waals surface area contributed by atoms with Crippen molar-refractivity contribution in [3.8, 4) is 5.75 Å². The van der Waals surface area contributed by atoms with Crippen molar-refractivity contribution in [2.75, 3.05) is 39.2 Å². The van der Waals surface area contributed by atoms with E-state index >= 15 is 0 Å². The molecule has 1 rings (SSSR count). The third-order valence-corrected chi connectivity index (χ3v) is 4.33. The largest absolute Gasteiger partial charge is 0.494 e. The number of carbonyl (C=O) groups excluding carboxylic acids is 1. The molecule has 0 fully saturated rings. The van der Waals surface area contributed by atoms with Crippen molar-refractivity contribution in [2.24, 2.45) is 0 Å². The van der Waals surface area contributed by atoms with E-state index in [2.05, 4.69) is 31.2 Å². The molecule has 1 aromatic rings. The van der Waals surface area contributed by atoms with Crippen LogP contribution in [0, 0.1) is 0 Å². The fourth-order valence-electron chi connectivity index (χ4n) is 2.75. The van der Waals surface area contributed by atoms with Crippen LogP contribution >= 0.6 is 0 Å². The van der Waals surface area contributed by atoms with Gasteiger partial charge in [0.2, 0.25) is 0 Å². The molecule has 5 heteroatoms. The molecule has 0 spiro atoms. The standard InChI is InChI=1S/C21H36N2O3/c1-6-8-9-15-21(3,26-7-2)20(24)22-18-11-13-19(14-12-18)25-17-10-16-23(4)5/h11-14H,6-10,15-17H2,1-5H3,(H,22,24).